The molecule has 0 saturated carbocycles. The summed E-state index contributed by atoms with van der Waals surface area (Å²) in [4.78, 5) is 33.7. The summed E-state index contributed by atoms with van der Waals surface area (Å²) in [6.07, 6.45) is 0.659. The van der Waals surface area contributed by atoms with Crippen LogP contribution >= 0.6 is 0 Å². The first-order chi connectivity index (χ1) is 10.4. The first-order valence-electron chi connectivity index (χ1n) is 7.14. The van der Waals surface area contributed by atoms with E-state index in [0.29, 0.717) is 17.9 Å². The van der Waals surface area contributed by atoms with Gasteiger partial charge in [0.2, 0.25) is 11.8 Å². The Morgan fingerprint density at radius 3 is 2.14 bits per heavy atom. The van der Waals surface area contributed by atoms with Crippen LogP contribution in [0, 0.1) is 0 Å². The predicted octanol–water partition coefficient (Wildman–Crippen LogP) is -0.934. The summed E-state index contributed by atoms with van der Waals surface area (Å²) < 4.78 is 0. The Kier molecular flexibility index (Phi) is 7.04. The number of rotatable bonds is 8. The number of carbonyl (C=O) groups is 3. The summed E-state index contributed by atoms with van der Waals surface area (Å²) in [6.45, 7) is 3.96. The number of quaternary nitrogens is 1. The van der Waals surface area contributed by atoms with Crippen molar-refractivity contribution in [3.8, 4) is 0 Å². The first kappa shape index (κ1) is 17.6. The Balaban J connectivity index is 2.56. The van der Waals surface area contributed by atoms with Crippen LogP contribution in [-0.4, -0.2) is 30.4 Å². The largest absolute Gasteiger partial charge is 0.544 e. The number of aliphatic carboxylic acids is 1. The van der Waals surface area contributed by atoms with Crippen molar-refractivity contribution in [3.63, 3.8) is 0 Å². The third kappa shape index (κ3) is 6.36. The minimum Gasteiger partial charge on any atom is -0.544 e. The van der Waals surface area contributed by atoms with Crippen molar-refractivity contribution in [1.29, 1.82) is 0 Å². The lowest BCUT2D eigenvalue weighted by Crippen LogP contribution is -2.93. The highest BCUT2D eigenvalue weighted by Gasteiger charge is 2.17. The molecule has 7 nitrogen and oxygen atoms in total. The maximum atomic E-state index is 11.9. The van der Waals surface area contributed by atoms with Crippen LogP contribution < -0.4 is 21.1 Å². The average Bonchev–Trinajstić information content (AvgIpc) is 2.44. The molecule has 0 radical (unpaired) electrons. The molecule has 0 saturated heterocycles. The second-order valence-corrected chi connectivity index (χ2v) is 4.96. The lowest BCUT2D eigenvalue weighted by atomic mass is 10.2. The second kappa shape index (κ2) is 8.78. The van der Waals surface area contributed by atoms with E-state index in [9.17, 15) is 19.5 Å². The van der Waals surface area contributed by atoms with Crippen LogP contribution in [0.3, 0.4) is 0 Å². The minimum atomic E-state index is -1.25. The molecule has 0 aliphatic carbocycles. The zero-order valence-corrected chi connectivity index (χ0v) is 12.7. The molecule has 1 aromatic carbocycles. The van der Waals surface area contributed by atoms with Gasteiger partial charge in [-0.25, -0.2) is 0 Å². The molecule has 1 aromatic rings. The Morgan fingerprint density at radius 2 is 1.68 bits per heavy atom. The van der Waals surface area contributed by atoms with Crippen molar-refractivity contribution < 1.29 is 24.8 Å². The summed E-state index contributed by atoms with van der Waals surface area (Å²) in [5.74, 6) is -1.82. The molecule has 1 rings (SSSR count). The van der Waals surface area contributed by atoms with Crippen molar-refractivity contribution in [2.24, 2.45) is 0 Å². The van der Waals surface area contributed by atoms with Crippen LogP contribution in [0.25, 0.3) is 0 Å². The van der Waals surface area contributed by atoms with Gasteiger partial charge >= 0.3 is 0 Å². The third-order valence-corrected chi connectivity index (χ3v) is 2.94. The zero-order valence-electron chi connectivity index (χ0n) is 12.7. The number of carboxylic acid groups (broad SMARTS) is 1. The molecule has 120 valence electrons. The molecule has 2 amide bonds. The molecule has 1 atom stereocenters. The van der Waals surface area contributed by atoms with E-state index in [0.717, 1.165) is 6.42 Å². The third-order valence-electron chi connectivity index (χ3n) is 2.94. The first-order valence-corrected chi connectivity index (χ1v) is 7.14. The van der Waals surface area contributed by atoms with Gasteiger partial charge in [-0.15, -0.1) is 0 Å². The quantitative estimate of drug-likeness (QED) is 0.575. The fourth-order valence-corrected chi connectivity index (χ4v) is 1.88. The van der Waals surface area contributed by atoms with E-state index in [1.165, 1.54) is 6.92 Å². The molecule has 0 unspecified atom stereocenters. The van der Waals surface area contributed by atoms with E-state index in [1.54, 1.807) is 29.6 Å². The molecule has 22 heavy (non-hydrogen) atoms. The fourth-order valence-electron chi connectivity index (χ4n) is 1.88. The molecule has 0 heterocycles. The van der Waals surface area contributed by atoms with E-state index in [-0.39, 0.29) is 12.3 Å². The Bertz CT molecular complexity index is 528. The highest BCUT2D eigenvalue weighted by atomic mass is 16.4. The molecular formula is C15H21N3O4. The zero-order chi connectivity index (χ0) is 16.5. The van der Waals surface area contributed by atoms with Crippen LogP contribution in [0.4, 0.5) is 11.4 Å². The Labute approximate surface area is 129 Å². The number of carboxylic acids is 1. The maximum absolute atomic E-state index is 11.9. The molecule has 0 aliphatic heterocycles. The molecule has 0 bridgehead atoms. The van der Waals surface area contributed by atoms with Crippen LogP contribution in [0.15, 0.2) is 24.3 Å². The molecule has 0 aliphatic rings. The summed E-state index contributed by atoms with van der Waals surface area (Å²) in [7, 11) is 0. The highest BCUT2D eigenvalue weighted by molar-refractivity contribution is 5.94. The normalized spacial score (nSPS) is 11.5. The smallest absolute Gasteiger partial charge is 0.230 e. The van der Waals surface area contributed by atoms with Gasteiger partial charge in [0.05, 0.1) is 18.9 Å². The van der Waals surface area contributed by atoms with E-state index < -0.39 is 17.9 Å². The van der Waals surface area contributed by atoms with Crippen molar-refractivity contribution in [1.82, 2.24) is 0 Å². The second-order valence-electron chi connectivity index (χ2n) is 4.96. The lowest BCUT2D eigenvalue weighted by Gasteiger charge is -2.16. The standard InChI is InChI=1S/C15H21N3O4/c1-3-8-16-13(15(21)22)9-14(20)18-12-6-4-11(5-7-12)17-10(2)19/h4-7,13,16H,3,8-9H2,1-2H3,(H,17,19)(H,18,20)(H,21,22)/t13-/m1/s1. The molecule has 0 aromatic heterocycles. The summed E-state index contributed by atoms with van der Waals surface area (Å²) in [6, 6.07) is 5.67. The monoisotopic (exact) mass is 307 g/mol. The summed E-state index contributed by atoms with van der Waals surface area (Å²) >= 11 is 0. The van der Waals surface area contributed by atoms with Crippen molar-refractivity contribution in [2.75, 3.05) is 17.2 Å². The number of hydrogen-bond acceptors (Lipinski definition) is 4. The van der Waals surface area contributed by atoms with Gasteiger partial charge in [0.1, 0.15) is 6.04 Å². The van der Waals surface area contributed by atoms with Crippen molar-refractivity contribution in [3.05, 3.63) is 24.3 Å². The fraction of sp³-hybridized carbons (Fsp3) is 0.400. The highest BCUT2D eigenvalue weighted by Crippen LogP contribution is 2.13. The molecule has 4 N–H and O–H groups in total. The van der Waals surface area contributed by atoms with Crippen molar-refractivity contribution >= 4 is 29.2 Å². The molecular weight excluding hydrogens is 286 g/mol. The van der Waals surface area contributed by atoms with Gasteiger partial charge in [-0.1, -0.05) is 6.92 Å². The number of anilines is 2. The number of carbonyl (C=O) groups excluding carboxylic acids is 3. The van der Waals surface area contributed by atoms with Crippen LogP contribution in [-0.2, 0) is 14.4 Å². The average molecular weight is 307 g/mol. The van der Waals surface area contributed by atoms with Gasteiger partial charge in [-0.2, -0.15) is 0 Å². The van der Waals surface area contributed by atoms with Crippen molar-refractivity contribution in [2.45, 2.75) is 32.7 Å². The van der Waals surface area contributed by atoms with Crippen LogP contribution in [0.1, 0.15) is 26.7 Å². The van der Waals surface area contributed by atoms with Gasteiger partial charge < -0.3 is 25.9 Å². The van der Waals surface area contributed by atoms with Crippen LogP contribution in [0.5, 0.6) is 0 Å². The predicted molar refractivity (Wildman–Crippen MR) is 79.9 cm³/mol. The SMILES string of the molecule is CCC[NH2+][C@H](CC(=O)Nc1ccc(NC(C)=O)cc1)C(=O)[O-]. The Hall–Kier alpha value is -2.41. The number of hydrogen-bond donors (Lipinski definition) is 3. The number of nitrogens with one attached hydrogen (secondary N) is 2. The lowest BCUT2D eigenvalue weighted by molar-refractivity contribution is -0.682. The van der Waals surface area contributed by atoms with Gasteiger partial charge in [0.25, 0.3) is 0 Å². The minimum absolute atomic E-state index is 0.157. The number of amides is 2. The Morgan fingerprint density at radius 1 is 1.14 bits per heavy atom. The number of benzene rings is 1. The van der Waals surface area contributed by atoms with E-state index >= 15 is 0 Å². The van der Waals surface area contributed by atoms with Gasteiger partial charge in [0.15, 0.2) is 0 Å². The molecule has 7 heteroatoms. The van der Waals surface area contributed by atoms with E-state index in [2.05, 4.69) is 10.6 Å². The van der Waals surface area contributed by atoms with Crippen LogP contribution in [0.2, 0.25) is 0 Å². The summed E-state index contributed by atoms with van der Waals surface area (Å²) in [5.41, 5.74) is 1.15. The number of nitrogens with two attached hydrogens (primary N) is 1. The van der Waals surface area contributed by atoms with E-state index in [1.807, 2.05) is 6.92 Å². The van der Waals surface area contributed by atoms with Gasteiger partial charge in [-0.05, 0) is 30.7 Å². The molecule has 0 spiro atoms. The van der Waals surface area contributed by atoms with Gasteiger partial charge in [-0.3, -0.25) is 9.59 Å². The topological polar surface area (TPSA) is 115 Å². The molecule has 0 fully saturated rings. The summed E-state index contributed by atoms with van der Waals surface area (Å²) in [5, 5.41) is 17.8. The van der Waals surface area contributed by atoms with E-state index in [4.69, 9.17) is 0 Å². The maximum Gasteiger partial charge on any atom is 0.230 e. The van der Waals surface area contributed by atoms with Gasteiger partial charge in [0, 0.05) is 18.3 Å².